The molecule has 1 rings (SSSR count). The number of benzene rings is 1. The van der Waals surface area contributed by atoms with Gasteiger partial charge in [0, 0.05) is 17.3 Å². The Morgan fingerprint density at radius 3 is 2.65 bits per heavy atom. The van der Waals surface area contributed by atoms with Gasteiger partial charge in [0.15, 0.2) is 0 Å². The molecule has 96 valence electrons. The standard InChI is InChI=1S/C10H15FN2O3S/c1-6(5-14)13-17(15,16)10-4-8(12)3-9(11)7(10)2/h3-4,6,13-14H,5,12H2,1-2H3. The van der Waals surface area contributed by atoms with Crippen LogP contribution in [0.5, 0.6) is 0 Å². The first-order valence-corrected chi connectivity index (χ1v) is 6.45. The van der Waals surface area contributed by atoms with Gasteiger partial charge in [0.05, 0.1) is 11.5 Å². The number of aliphatic hydroxyl groups is 1. The van der Waals surface area contributed by atoms with Gasteiger partial charge in [-0.15, -0.1) is 0 Å². The highest BCUT2D eigenvalue weighted by Crippen LogP contribution is 2.21. The number of aliphatic hydroxyl groups excluding tert-OH is 1. The Bertz CT molecular complexity index is 517. The summed E-state index contributed by atoms with van der Waals surface area (Å²) in [7, 11) is -3.88. The van der Waals surface area contributed by atoms with Crippen LogP contribution >= 0.6 is 0 Å². The molecule has 0 radical (unpaired) electrons. The number of nitrogens with one attached hydrogen (secondary N) is 1. The average molecular weight is 262 g/mol. The van der Waals surface area contributed by atoms with Gasteiger partial charge in [-0.1, -0.05) is 0 Å². The van der Waals surface area contributed by atoms with Crippen molar-refractivity contribution in [3.8, 4) is 0 Å². The van der Waals surface area contributed by atoms with Crippen LogP contribution < -0.4 is 10.5 Å². The summed E-state index contributed by atoms with van der Waals surface area (Å²) in [6.45, 7) is 2.51. The fourth-order valence-electron chi connectivity index (χ4n) is 1.32. The largest absolute Gasteiger partial charge is 0.399 e. The van der Waals surface area contributed by atoms with Gasteiger partial charge < -0.3 is 10.8 Å². The van der Waals surface area contributed by atoms with Crippen molar-refractivity contribution in [1.29, 1.82) is 0 Å². The van der Waals surface area contributed by atoms with Crippen LogP contribution in [0, 0.1) is 12.7 Å². The van der Waals surface area contributed by atoms with Gasteiger partial charge in [-0.25, -0.2) is 17.5 Å². The van der Waals surface area contributed by atoms with Crippen molar-refractivity contribution in [2.75, 3.05) is 12.3 Å². The fraction of sp³-hybridized carbons (Fsp3) is 0.400. The maximum Gasteiger partial charge on any atom is 0.241 e. The molecule has 0 amide bonds. The number of nitrogen functional groups attached to an aromatic ring is 1. The molecule has 1 atom stereocenters. The molecule has 0 spiro atoms. The van der Waals surface area contributed by atoms with Gasteiger partial charge in [0.2, 0.25) is 10.0 Å². The lowest BCUT2D eigenvalue weighted by Gasteiger charge is -2.14. The topological polar surface area (TPSA) is 92.4 Å². The third-order valence-electron chi connectivity index (χ3n) is 2.24. The van der Waals surface area contributed by atoms with Gasteiger partial charge in [-0.2, -0.15) is 0 Å². The zero-order valence-corrected chi connectivity index (χ0v) is 10.4. The minimum Gasteiger partial charge on any atom is -0.399 e. The van der Waals surface area contributed by atoms with E-state index in [2.05, 4.69) is 4.72 Å². The quantitative estimate of drug-likeness (QED) is 0.684. The van der Waals surface area contributed by atoms with E-state index in [0.29, 0.717) is 0 Å². The van der Waals surface area contributed by atoms with Crippen LogP contribution in [0.25, 0.3) is 0 Å². The Balaban J connectivity index is 3.24. The summed E-state index contributed by atoms with van der Waals surface area (Å²) in [5, 5.41) is 8.80. The van der Waals surface area contributed by atoms with Crippen LogP contribution in [0.15, 0.2) is 17.0 Å². The Hall–Kier alpha value is -1.18. The molecule has 0 saturated heterocycles. The van der Waals surface area contributed by atoms with Crippen LogP contribution in [0.4, 0.5) is 10.1 Å². The number of hydrogen-bond donors (Lipinski definition) is 3. The zero-order chi connectivity index (χ0) is 13.2. The molecule has 17 heavy (non-hydrogen) atoms. The number of anilines is 1. The lowest BCUT2D eigenvalue weighted by atomic mass is 10.2. The first-order chi connectivity index (χ1) is 7.77. The Morgan fingerprint density at radius 1 is 1.53 bits per heavy atom. The molecule has 0 aromatic heterocycles. The van der Waals surface area contributed by atoms with Crippen molar-refractivity contribution in [3.05, 3.63) is 23.5 Å². The molecular weight excluding hydrogens is 247 g/mol. The Kier molecular flexibility index (Phi) is 4.07. The SMILES string of the molecule is Cc1c(F)cc(N)cc1S(=O)(=O)NC(C)CO. The molecule has 0 bridgehead atoms. The highest BCUT2D eigenvalue weighted by molar-refractivity contribution is 7.89. The fourth-order valence-corrected chi connectivity index (χ4v) is 2.84. The van der Waals surface area contributed by atoms with Crippen LogP contribution in [-0.4, -0.2) is 26.2 Å². The molecule has 7 heteroatoms. The number of halogens is 1. The van der Waals surface area contributed by atoms with Crippen molar-refractivity contribution >= 4 is 15.7 Å². The summed E-state index contributed by atoms with van der Waals surface area (Å²) in [5.74, 6) is -0.679. The number of nitrogens with two attached hydrogens (primary N) is 1. The molecule has 0 aliphatic heterocycles. The van der Waals surface area contributed by atoms with Crippen LogP contribution in [0.1, 0.15) is 12.5 Å². The second-order valence-corrected chi connectivity index (χ2v) is 5.51. The van der Waals surface area contributed by atoms with Gasteiger partial charge in [0.1, 0.15) is 5.82 Å². The van der Waals surface area contributed by atoms with E-state index in [1.165, 1.54) is 19.9 Å². The summed E-state index contributed by atoms with van der Waals surface area (Å²) < 4.78 is 39.4. The predicted molar refractivity (Wildman–Crippen MR) is 62.4 cm³/mol. The minimum absolute atomic E-state index is 0.00293. The highest BCUT2D eigenvalue weighted by atomic mass is 32.2. The number of hydrogen-bond acceptors (Lipinski definition) is 4. The maximum absolute atomic E-state index is 13.4. The van der Waals surface area contributed by atoms with Gasteiger partial charge in [-0.3, -0.25) is 0 Å². The molecule has 0 heterocycles. The van der Waals surface area contributed by atoms with Gasteiger partial charge >= 0.3 is 0 Å². The minimum atomic E-state index is -3.88. The smallest absolute Gasteiger partial charge is 0.241 e. The average Bonchev–Trinajstić information content (AvgIpc) is 2.22. The van der Waals surface area contributed by atoms with Crippen molar-refractivity contribution < 1.29 is 17.9 Å². The molecule has 1 unspecified atom stereocenters. The summed E-state index contributed by atoms with van der Waals surface area (Å²) in [5.41, 5.74) is 5.44. The molecule has 1 aromatic rings. The third kappa shape index (κ3) is 3.15. The number of sulfonamides is 1. The Labute approximate surface area is 99.5 Å². The van der Waals surface area contributed by atoms with E-state index in [1.54, 1.807) is 0 Å². The van der Waals surface area contributed by atoms with E-state index >= 15 is 0 Å². The third-order valence-corrected chi connectivity index (χ3v) is 3.95. The van der Waals surface area contributed by atoms with Gasteiger partial charge in [-0.05, 0) is 26.0 Å². The lowest BCUT2D eigenvalue weighted by Crippen LogP contribution is -2.35. The van der Waals surface area contributed by atoms with E-state index in [4.69, 9.17) is 10.8 Å². The first-order valence-electron chi connectivity index (χ1n) is 4.96. The van der Waals surface area contributed by atoms with Crippen molar-refractivity contribution in [2.24, 2.45) is 0 Å². The van der Waals surface area contributed by atoms with E-state index in [0.717, 1.165) is 6.07 Å². The van der Waals surface area contributed by atoms with Crippen molar-refractivity contribution in [2.45, 2.75) is 24.8 Å². The maximum atomic E-state index is 13.4. The van der Waals surface area contributed by atoms with E-state index < -0.39 is 21.9 Å². The highest BCUT2D eigenvalue weighted by Gasteiger charge is 2.21. The summed E-state index contributed by atoms with van der Waals surface area (Å²) in [4.78, 5) is -0.213. The van der Waals surface area contributed by atoms with E-state index in [-0.39, 0.29) is 22.8 Å². The zero-order valence-electron chi connectivity index (χ0n) is 9.57. The van der Waals surface area contributed by atoms with Crippen LogP contribution in [0.2, 0.25) is 0 Å². The second kappa shape index (κ2) is 4.99. The molecule has 0 aliphatic carbocycles. The van der Waals surface area contributed by atoms with Gasteiger partial charge in [0.25, 0.3) is 0 Å². The lowest BCUT2D eigenvalue weighted by molar-refractivity contribution is 0.265. The van der Waals surface area contributed by atoms with Crippen molar-refractivity contribution in [1.82, 2.24) is 4.72 Å². The molecule has 5 nitrogen and oxygen atoms in total. The van der Waals surface area contributed by atoms with E-state index in [1.807, 2.05) is 0 Å². The second-order valence-electron chi connectivity index (χ2n) is 3.83. The first kappa shape index (κ1) is 13.9. The molecule has 0 aliphatic rings. The summed E-state index contributed by atoms with van der Waals surface area (Å²) >= 11 is 0. The normalized spacial score (nSPS) is 13.6. The summed E-state index contributed by atoms with van der Waals surface area (Å²) in [6.07, 6.45) is 0. The van der Waals surface area contributed by atoms with Crippen LogP contribution in [-0.2, 0) is 10.0 Å². The summed E-state index contributed by atoms with van der Waals surface area (Å²) in [6, 6.07) is 1.60. The number of rotatable bonds is 4. The molecule has 0 fully saturated rings. The van der Waals surface area contributed by atoms with Crippen LogP contribution in [0.3, 0.4) is 0 Å². The molecular formula is C10H15FN2O3S. The van der Waals surface area contributed by atoms with E-state index in [9.17, 15) is 12.8 Å². The predicted octanol–water partition coefficient (Wildman–Crippen LogP) is 0.375. The Morgan fingerprint density at radius 2 is 2.12 bits per heavy atom. The molecule has 0 saturated carbocycles. The monoisotopic (exact) mass is 262 g/mol. The molecule has 1 aromatic carbocycles. The van der Waals surface area contributed by atoms with Crippen molar-refractivity contribution in [3.63, 3.8) is 0 Å². The molecule has 4 N–H and O–H groups in total.